The van der Waals surface area contributed by atoms with Gasteiger partial charge >= 0.3 is 0 Å². The van der Waals surface area contributed by atoms with Crippen molar-refractivity contribution in [2.75, 3.05) is 13.2 Å². The van der Waals surface area contributed by atoms with Gasteiger partial charge in [-0.05, 0) is 35.6 Å². The molecule has 0 spiro atoms. The van der Waals surface area contributed by atoms with Gasteiger partial charge in [0.15, 0.2) is 5.69 Å². The lowest BCUT2D eigenvalue weighted by molar-refractivity contribution is 0.0497. The molecule has 1 aromatic heterocycles. The minimum Gasteiger partial charge on any atom is -0.394 e. The van der Waals surface area contributed by atoms with Crippen molar-refractivity contribution in [3.05, 3.63) is 59.9 Å². The molecule has 1 saturated heterocycles. The van der Waals surface area contributed by atoms with Crippen LogP contribution in [0.3, 0.4) is 0 Å². The molecule has 3 aromatic rings. The first-order valence-corrected chi connectivity index (χ1v) is 9.05. The molecule has 4 rings (SSSR count). The normalized spacial score (nSPS) is 17.6. The van der Waals surface area contributed by atoms with E-state index in [-0.39, 0.29) is 18.6 Å². The van der Waals surface area contributed by atoms with Crippen molar-refractivity contribution in [3.8, 4) is 0 Å². The minimum atomic E-state index is -0.145. The van der Waals surface area contributed by atoms with Crippen LogP contribution in [0, 0.1) is 0 Å². The average molecular weight is 350 g/mol. The van der Waals surface area contributed by atoms with E-state index in [1.54, 1.807) is 15.8 Å². The third-order valence-corrected chi connectivity index (χ3v) is 5.07. The predicted molar refractivity (Wildman–Crippen MR) is 98.8 cm³/mol. The van der Waals surface area contributed by atoms with Gasteiger partial charge in [-0.15, -0.1) is 5.10 Å². The zero-order valence-corrected chi connectivity index (χ0v) is 14.6. The van der Waals surface area contributed by atoms with Crippen molar-refractivity contribution in [1.82, 2.24) is 19.9 Å². The number of amides is 1. The lowest BCUT2D eigenvalue weighted by Crippen LogP contribution is -2.45. The van der Waals surface area contributed by atoms with Gasteiger partial charge in [0, 0.05) is 6.54 Å². The molecule has 0 saturated carbocycles. The van der Waals surface area contributed by atoms with Crippen molar-refractivity contribution in [1.29, 1.82) is 0 Å². The third kappa shape index (κ3) is 3.20. The van der Waals surface area contributed by atoms with Crippen molar-refractivity contribution in [2.24, 2.45) is 0 Å². The molecule has 26 heavy (non-hydrogen) atoms. The van der Waals surface area contributed by atoms with E-state index in [4.69, 9.17) is 0 Å². The Morgan fingerprint density at radius 1 is 1.15 bits per heavy atom. The van der Waals surface area contributed by atoms with Gasteiger partial charge in [-0.25, -0.2) is 4.68 Å². The van der Waals surface area contributed by atoms with Crippen molar-refractivity contribution >= 4 is 16.7 Å². The Labute approximate surface area is 152 Å². The quantitative estimate of drug-likeness (QED) is 0.785. The van der Waals surface area contributed by atoms with E-state index in [2.05, 4.69) is 34.6 Å². The number of benzene rings is 2. The molecule has 0 radical (unpaired) electrons. The Balaban J connectivity index is 1.55. The number of aliphatic hydroxyl groups excluding tert-OH is 1. The molecule has 0 aliphatic carbocycles. The smallest absolute Gasteiger partial charge is 0.276 e. The second kappa shape index (κ2) is 7.25. The first-order chi connectivity index (χ1) is 12.8. The molecule has 1 amide bonds. The van der Waals surface area contributed by atoms with Gasteiger partial charge in [-0.3, -0.25) is 4.79 Å². The number of hydrogen-bond donors (Lipinski definition) is 1. The number of aliphatic hydroxyl groups is 1. The van der Waals surface area contributed by atoms with E-state index in [1.807, 2.05) is 18.2 Å². The molecular weight excluding hydrogens is 328 g/mol. The Hall–Kier alpha value is -2.73. The monoisotopic (exact) mass is 350 g/mol. The van der Waals surface area contributed by atoms with Gasteiger partial charge in [0.25, 0.3) is 5.91 Å². The SMILES string of the molecule is O=C(c1cn(Cc2cccc3ccccc23)nn1)N1CCCCC1CO. The van der Waals surface area contributed by atoms with Crippen LogP contribution in [0.25, 0.3) is 10.8 Å². The van der Waals surface area contributed by atoms with Gasteiger partial charge in [0.1, 0.15) is 0 Å². The summed E-state index contributed by atoms with van der Waals surface area (Å²) < 4.78 is 1.70. The molecule has 0 bridgehead atoms. The highest BCUT2D eigenvalue weighted by atomic mass is 16.3. The standard InChI is InChI=1S/C20H22N4O2/c25-14-17-9-3-4-11-24(17)20(26)19-13-23(22-21-19)12-16-8-5-7-15-6-1-2-10-18(15)16/h1-2,5-8,10,13,17,25H,3-4,9,11-12,14H2. The zero-order chi connectivity index (χ0) is 17.9. The van der Waals surface area contributed by atoms with E-state index in [0.29, 0.717) is 18.8 Å². The molecule has 1 aliphatic heterocycles. The highest BCUT2D eigenvalue weighted by Gasteiger charge is 2.28. The molecule has 1 N–H and O–H groups in total. The zero-order valence-electron chi connectivity index (χ0n) is 14.6. The number of aromatic nitrogens is 3. The van der Waals surface area contributed by atoms with Gasteiger partial charge in [0.2, 0.25) is 0 Å². The maximum atomic E-state index is 12.7. The van der Waals surface area contributed by atoms with Crippen LogP contribution >= 0.6 is 0 Å². The number of hydrogen-bond acceptors (Lipinski definition) is 4. The molecule has 1 atom stereocenters. The van der Waals surface area contributed by atoms with Crippen LogP contribution in [0.2, 0.25) is 0 Å². The number of rotatable bonds is 4. The van der Waals surface area contributed by atoms with Crippen LogP contribution in [0.15, 0.2) is 48.7 Å². The summed E-state index contributed by atoms with van der Waals surface area (Å²) in [5, 5.41) is 20.1. The van der Waals surface area contributed by atoms with E-state index in [9.17, 15) is 9.90 Å². The summed E-state index contributed by atoms with van der Waals surface area (Å²) in [4.78, 5) is 14.5. The fourth-order valence-electron chi connectivity index (χ4n) is 3.68. The fourth-order valence-corrected chi connectivity index (χ4v) is 3.68. The first-order valence-electron chi connectivity index (χ1n) is 9.05. The number of likely N-dealkylation sites (tertiary alicyclic amines) is 1. The first kappa shape index (κ1) is 16.7. The van der Waals surface area contributed by atoms with Crippen LogP contribution in [0.1, 0.15) is 35.3 Å². The van der Waals surface area contributed by atoms with Gasteiger partial charge < -0.3 is 10.0 Å². The largest absolute Gasteiger partial charge is 0.394 e. The summed E-state index contributed by atoms with van der Waals surface area (Å²) in [6.07, 6.45) is 4.55. The number of piperidine rings is 1. The maximum Gasteiger partial charge on any atom is 0.276 e. The number of nitrogens with zero attached hydrogens (tertiary/aromatic N) is 4. The summed E-state index contributed by atoms with van der Waals surface area (Å²) in [5.74, 6) is -0.145. The van der Waals surface area contributed by atoms with Crippen LogP contribution in [-0.2, 0) is 6.54 Å². The average Bonchev–Trinajstić information content (AvgIpc) is 3.16. The van der Waals surface area contributed by atoms with E-state index >= 15 is 0 Å². The molecule has 6 nitrogen and oxygen atoms in total. The number of fused-ring (bicyclic) bond motifs is 1. The lowest BCUT2D eigenvalue weighted by Gasteiger charge is -2.33. The van der Waals surface area contributed by atoms with E-state index < -0.39 is 0 Å². The predicted octanol–water partition coefficient (Wildman–Crippen LogP) is 2.47. The van der Waals surface area contributed by atoms with E-state index in [0.717, 1.165) is 24.8 Å². The van der Waals surface area contributed by atoms with Gasteiger partial charge in [0.05, 0.1) is 25.4 Å². The minimum absolute atomic E-state index is 0.00409. The highest BCUT2D eigenvalue weighted by Crippen LogP contribution is 2.20. The molecule has 1 unspecified atom stereocenters. The van der Waals surface area contributed by atoms with Gasteiger partial charge in [-0.2, -0.15) is 0 Å². The van der Waals surface area contributed by atoms with Crippen LogP contribution in [0.5, 0.6) is 0 Å². The van der Waals surface area contributed by atoms with Crippen molar-refractivity contribution in [3.63, 3.8) is 0 Å². The number of carbonyl (C=O) groups is 1. The maximum absolute atomic E-state index is 12.7. The Morgan fingerprint density at radius 3 is 2.88 bits per heavy atom. The fraction of sp³-hybridized carbons (Fsp3) is 0.350. The molecule has 134 valence electrons. The topological polar surface area (TPSA) is 71.2 Å². The summed E-state index contributed by atoms with van der Waals surface area (Å²) in [5.41, 5.74) is 1.48. The molecule has 6 heteroatoms. The lowest BCUT2D eigenvalue weighted by atomic mass is 10.0. The van der Waals surface area contributed by atoms with Crippen LogP contribution < -0.4 is 0 Å². The molecule has 2 aromatic carbocycles. The third-order valence-electron chi connectivity index (χ3n) is 5.07. The second-order valence-corrected chi connectivity index (χ2v) is 6.77. The molecule has 2 heterocycles. The molecule has 1 aliphatic rings. The molecule has 1 fully saturated rings. The summed E-state index contributed by atoms with van der Waals surface area (Å²) in [7, 11) is 0. The van der Waals surface area contributed by atoms with Crippen LogP contribution in [-0.4, -0.2) is 50.1 Å². The van der Waals surface area contributed by atoms with Crippen molar-refractivity contribution in [2.45, 2.75) is 31.8 Å². The Bertz CT molecular complexity index is 916. The summed E-state index contributed by atoms with van der Waals surface area (Å²) in [6.45, 7) is 1.22. The van der Waals surface area contributed by atoms with Gasteiger partial charge in [-0.1, -0.05) is 47.7 Å². The van der Waals surface area contributed by atoms with Crippen molar-refractivity contribution < 1.29 is 9.90 Å². The highest BCUT2D eigenvalue weighted by molar-refractivity contribution is 5.92. The van der Waals surface area contributed by atoms with Crippen LogP contribution in [0.4, 0.5) is 0 Å². The Morgan fingerprint density at radius 2 is 2.00 bits per heavy atom. The van der Waals surface area contributed by atoms with E-state index in [1.165, 1.54) is 10.8 Å². The number of carbonyl (C=O) groups excluding carboxylic acids is 1. The summed E-state index contributed by atoms with van der Waals surface area (Å²) in [6, 6.07) is 14.3. The second-order valence-electron chi connectivity index (χ2n) is 6.77. The summed E-state index contributed by atoms with van der Waals surface area (Å²) >= 11 is 0. The molecular formula is C20H22N4O2. The Kier molecular flexibility index (Phi) is 4.67.